The van der Waals surface area contributed by atoms with Crippen molar-refractivity contribution in [1.29, 1.82) is 0 Å². The fourth-order valence-electron chi connectivity index (χ4n) is 1.75. The Bertz CT molecular complexity index is 537. The van der Waals surface area contributed by atoms with Crippen molar-refractivity contribution in [3.8, 4) is 0 Å². The van der Waals surface area contributed by atoms with Crippen molar-refractivity contribution >= 4 is 22.5 Å². The third kappa shape index (κ3) is 2.03. The quantitative estimate of drug-likeness (QED) is 0.759. The van der Waals surface area contributed by atoms with E-state index in [2.05, 4.69) is 11.9 Å². The number of rotatable bonds is 2. The minimum atomic E-state index is -0.232. The Labute approximate surface area is 99.3 Å². The van der Waals surface area contributed by atoms with E-state index in [0.29, 0.717) is 16.1 Å². The van der Waals surface area contributed by atoms with Crippen LogP contribution in [0.1, 0.15) is 24.6 Å². The molecular formula is C13H13ClFN. The summed E-state index contributed by atoms with van der Waals surface area (Å²) in [5.41, 5.74) is 2.15. The lowest BCUT2D eigenvalue weighted by atomic mass is 10.1. The van der Waals surface area contributed by atoms with Crippen molar-refractivity contribution in [1.82, 2.24) is 4.98 Å². The van der Waals surface area contributed by atoms with Crippen LogP contribution in [0.15, 0.2) is 18.2 Å². The van der Waals surface area contributed by atoms with E-state index in [1.54, 1.807) is 13.0 Å². The highest BCUT2D eigenvalue weighted by molar-refractivity contribution is 6.35. The van der Waals surface area contributed by atoms with Crippen LogP contribution in [-0.2, 0) is 6.42 Å². The predicted molar refractivity (Wildman–Crippen MR) is 65.4 cm³/mol. The Hall–Kier alpha value is -1.15. The number of halogens is 2. The van der Waals surface area contributed by atoms with Crippen molar-refractivity contribution in [3.63, 3.8) is 0 Å². The van der Waals surface area contributed by atoms with Gasteiger partial charge < -0.3 is 0 Å². The zero-order chi connectivity index (χ0) is 11.7. The summed E-state index contributed by atoms with van der Waals surface area (Å²) in [6.07, 6.45) is 1.87. The number of pyridine rings is 1. The molecule has 0 saturated heterocycles. The summed E-state index contributed by atoms with van der Waals surface area (Å²) in [5, 5.41) is 1.47. The molecule has 0 atom stereocenters. The molecule has 0 saturated carbocycles. The molecule has 0 radical (unpaired) electrons. The van der Waals surface area contributed by atoms with Gasteiger partial charge in [-0.2, -0.15) is 0 Å². The molecule has 3 heteroatoms. The molecular weight excluding hydrogens is 225 g/mol. The van der Waals surface area contributed by atoms with Crippen LogP contribution < -0.4 is 0 Å². The summed E-state index contributed by atoms with van der Waals surface area (Å²) < 4.78 is 13.4. The molecule has 0 unspecified atom stereocenters. The van der Waals surface area contributed by atoms with Crippen LogP contribution in [0.25, 0.3) is 10.9 Å². The SMILES string of the molecule is CCCc1cc(Cl)c2cc(C)c(F)cc2n1. The van der Waals surface area contributed by atoms with Gasteiger partial charge in [0.1, 0.15) is 5.82 Å². The predicted octanol–water partition coefficient (Wildman–Crippen LogP) is 4.29. The molecule has 1 aromatic carbocycles. The van der Waals surface area contributed by atoms with Gasteiger partial charge >= 0.3 is 0 Å². The van der Waals surface area contributed by atoms with Gasteiger partial charge in [-0.25, -0.2) is 4.39 Å². The van der Waals surface area contributed by atoms with E-state index in [0.717, 1.165) is 23.9 Å². The minimum Gasteiger partial charge on any atom is -0.253 e. The number of aryl methyl sites for hydroxylation is 2. The van der Waals surface area contributed by atoms with E-state index < -0.39 is 0 Å². The molecule has 0 aliphatic rings. The van der Waals surface area contributed by atoms with Crippen molar-refractivity contribution in [2.24, 2.45) is 0 Å². The number of fused-ring (bicyclic) bond motifs is 1. The largest absolute Gasteiger partial charge is 0.253 e. The monoisotopic (exact) mass is 237 g/mol. The number of aromatic nitrogens is 1. The van der Waals surface area contributed by atoms with Gasteiger partial charge in [-0.05, 0) is 31.0 Å². The van der Waals surface area contributed by atoms with E-state index in [1.807, 2.05) is 6.07 Å². The lowest BCUT2D eigenvalue weighted by Crippen LogP contribution is -1.93. The average molecular weight is 238 g/mol. The highest BCUT2D eigenvalue weighted by Gasteiger charge is 2.07. The Morgan fingerprint density at radius 3 is 2.75 bits per heavy atom. The first-order valence-electron chi connectivity index (χ1n) is 5.37. The van der Waals surface area contributed by atoms with Crippen molar-refractivity contribution in [2.75, 3.05) is 0 Å². The first-order chi connectivity index (χ1) is 7.61. The maximum absolute atomic E-state index is 13.4. The third-order valence-corrected chi connectivity index (χ3v) is 2.91. The second kappa shape index (κ2) is 4.38. The first kappa shape index (κ1) is 11.3. The Balaban J connectivity index is 2.67. The Morgan fingerprint density at radius 2 is 2.06 bits per heavy atom. The second-order valence-corrected chi connectivity index (χ2v) is 4.37. The topological polar surface area (TPSA) is 12.9 Å². The molecule has 0 spiro atoms. The Morgan fingerprint density at radius 1 is 1.31 bits per heavy atom. The fourth-order valence-corrected chi connectivity index (χ4v) is 2.03. The zero-order valence-electron chi connectivity index (χ0n) is 9.35. The van der Waals surface area contributed by atoms with Crippen LogP contribution in [0.2, 0.25) is 5.02 Å². The molecule has 0 aliphatic carbocycles. The number of hydrogen-bond donors (Lipinski definition) is 0. The maximum Gasteiger partial charge on any atom is 0.128 e. The highest BCUT2D eigenvalue weighted by Crippen LogP contribution is 2.26. The van der Waals surface area contributed by atoms with Crippen LogP contribution in [0, 0.1) is 12.7 Å². The van der Waals surface area contributed by atoms with Gasteiger partial charge in [0, 0.05) is 17.1 Å². The molecule has 0 bridgehead atoms. The van der Waals surface area contributed by atoms with Crippen molar-refractivity contribution in [2.45, 2.75) is 26.7 Å². The van der Waals surface area contributed by atoms with Crippen LogP contribution in [0.5, 0.6) is 0 Å². The molecule has 2 aromatic rings. The molecule has 16 heavy (non-hydrogen) atoms. The van der Waals surface area contributed by atoms with Crippen LogP contribution in [0.4, 0.5) is 4.39 Å². The molecule has 0 N–H and O–H groups in total. The van der Waals surface area contributed by atoms with Gasteiger partial charge in [-0.1, -0.05) is 24.9 Å². The second-order valence-electron chi connectivity index (χ2n) is 3.96. The first-order valence-corrected chi connectivity index (χ1v) is 5.75. The van der Waals surface area contributed by atoms with Gasteiger partial charge in [0.15, 0.2) is 0 Å². The number of hydrogen-bond acceptors (Lipinski definition) is 1. The molecule has 1 aromatic heterocycles. The van der Waals surface area contributed by atoms with Gasteiger partial charge in [-0.15, -0.1) is 0 Å². The lowest BCUT2D eigenvalue weighted by Gasteiger charge is -2.06. The average Bonchev–Trinajstić information content (AvgIpc) is 2.22. The third-order valence-electron chi connectivity index (χ3n) is 2.60. The minimum absolute atomic E-state index is 0.232. The van der Waals surface area contributed by atoms with Gasteiger partial charge in [0.2, 0.25) is 0 Å². The Kier molecular flexibility index (Phi) is 3.10. The highest BCUT2D eigenvalue weighted by atomic mass is 35.5. The van der Waals surface area contributed by atoms with Crippen LogP contribution >= 0.6 is 11.6 Å². The van der Waals surface area contributed by atoms with E-state index in [-0.39, 0.29) is 5.82 Å². The van der Waals surface area contributed by atoms with Gasteiger partial charge in [0.05, 0.1) is 10.5 Å². The molecule has 1 nitrogen and oxygen atoms in total. The van der Waals surface area contributed by atoms with Crippen molar-refractivity contribution < 1.29 is 4.39 Å². The van der Waals surface area contributed by atoms with Crippen LogP contribution in [-0.4, -0.2) is 4.98 Å². The summed E-state index contributed by atoms with van der Waals surface area (Å²) in [6, 6.07) is 5.07. The fraction of sp³-hybridized carbons (Fsp3) is 0.308. The zero-order valence-corrected chi connectivity index (χ0v) is 10.1. The normalized spacial score (nSPS) is 11.0. The molecule has 84 valence electrons. The summed E-state index contributed by atoms with van der Waals surface area (Å²) >= 11 is 6.16. The maximum atomic E-state index is 13.4. The molecule has 1 heterocycles. The van der Waals surface area contributed by atoms with Gasteiger partial charge in [-0.3, -0.25) is 4.98 Å². The molecule has 0 amide bonds. The van der Waals surface area contributed by atoms with E-state index in [1.165, 1.54) is 6.07 Å². The molecule has 0 aliphatic heterocycles. The summed E-state index contributed by atoms with van der Waals surface area (Å²) in [6.45, 7) is 3.81. The van der Waals surface area contributed by atoms with E-state index in [4.69, 9.17) is 11.6 Å². The summed E-state index contributed by atoms with van der Waals surface area (Å²) in [7, 11) is 0. The standard InChI is InChI=1S/C13H13ClFN/c1-3-4-9-6-11(14)10-5-8(2)12(15)7-13(10)16-9/h5-7H,3-4H2,1-2H3. The van der Waals surface area contributed by atoms with Gasteiger partial charge in [0.25, 0.3) is 0 Å². The van der Waals surface area contributed by atoms with Crippen molar-refractivity contribution in [3.05, 3.63) is 40.3 Å². The lowest BCUT2D eigenvalue weighted by molar-refractivity contribution is 0.620. The van der Waals surface area contributed by atoms with E-state index >= 15 is 0 Å². The summed E-state index contributed by atoms with van der Waals surface area (Å²) in [5.74, 6) is -0.232. The number of benzene rings is 1. The smallest absolute Gasteiger partial charge is 0.128 e. The molecule has 0 fully saturated rings. The summed E-state index contributed by atoms with van der Waals surface area (Å²) in [4.78, 5) is 4.40. The van der Waals surface area contributed by atoms with E-state index in [9.17, 15) is 4.39 Å². The van der Waals surface area contributed by atoms with Crippen LogP contribution in [0.3, 0.4) is 0 Å². The number of nitrogens with zero attached hydrogens (tertiary/aromatic N) is 1. The molecule has 2 rings (SSSR count).